The minimum Gasteiger partial charge on any atom is -0.491 e. The van der Waals surface area contributed by atoms with Crippen molar-refractivity contribution in [2.24, 2.45) is 0 Å². The zero-order valence-electron chi connectivity index (χ0n) is 13.9. The Morgan fingerprint density at radius 1 is 1.00 bits per heavy atom. The van der Waals surface area contributed by atoms with Crippen LogP contribution in [-0.4, -0.2) is 16.6 Å². The highest BCUT2D eigenvalue weighted by molar-refractivity contribution is 7.99. The number of pyridine rings is 2. The van der Waals surface area contributed by atoms with Crippen LogP contribution in [0.2, 0.25) is 0 Å². The molecule has 0 radical (unpaired) electrons. The molecule has 0 unspecified atom stereocenters. The summed E-state index contributed by atoms with van der Waals surface area (Å²) in [5.41, 5.74) is 3.62. The number of benzene rings is 1. The molecule has 0 fully saturated rings. The van der Waals surface area contributed by atoms with E-state index in [1.54, 1.807) is 11.8 Å². The van der Waals surface area contributed by atoms with E-state index in [1.165, 1.54) is 11.1 Å². The number of rotatable bonds is 1. The van der Waals surface area contributed by atoms with E-state index < -0.39 is 0 Å². The van der Waals surface area contributed by atoms with Gasteiger partial charge >= 0.3 is 0 Å². The van der Waals surface area contributed by atoms with Crippen LogP contribution in [0, 0.1) is 6.92 Å². The maximum atomic E-state index is 6.11. The van der Waals surface area contributed by atoms with Gasteiger partial charge in [-0.25, -0.2) is 9.97 Å². The number of hydrogen-bond donors (Lipinski definition) is 0. The maximum absolute atomic E-state index is 6.11. The fourth-order valence-corrected chi connectivity index (χ4v) is 4.49. The van der Waals surface area contributed by atoms with E-state index in [4.69, 9.17) is 4.74 Å². The van der Waals surface area contributed by atoms with E-state index in [0.29, 0.717) is 0 Å². The number of fused-ring (bicyclic) bond motifs is 3. The van der Waals surface area contributed by atoms with E-state index in [1.807, 2.05) is 24.5 Å². The van der Waals surface area contributed by atoms with Crippen molar-refractivity contribution in [3.8, 4) is 5.75 Å². The molecule has 0 saturated carbocycles. The standard InChI is InChI=1S/C20H17N3OS/c1-13-8-9-15(18-14(13)5-4-12-24-18)23-19-16(6-2-10-21-19)25-17-7-3-11-22-20(17)23/h2-3,6-11H,4-5,12H2,1H3. The lowest BCUT2D eigenvalue weighted by molar-refractivity contribution is 0.289. The number of anilines is 3. The van der Waals surface area contributed by atoms with Crippen molar-refractivity contribution in [1.82, 2.24) is 9.97 Å². The molecule has 2 aliphatic heterocycles. The highest BCUT2D eigenvalue weighted by atomic mass is 32.2. The highest BCUT2D eigenvalue weighted by Gasteiger charge is 2.30. The first-order chi connectivity index (χ1) is 12.3. The summed E-state index contributed by atoms with van der Waals surface area (Å²) < 4.78 is 6.11. The summed E-state index contributed by atoms with van der Waals surface area (Å²) in [5, 5.41) is 0. The predicted molar refractivity (Wildman–Crippen MR) is 99.4 cm³/mol. The third-order valence-electron chi connectivity index (χ3n) is 4.68. The molecule has 0 bridgehead atoms. The summed E-state index contributed by atoms with van der Waals surface area (Å²) in [6.45, 7) is 2.91. The summed E-state index contributed by atoms with van der Waals surface area (Å²) in [6.07, 6.45) is 5.79. The van der Waals surface area contributed by atoms with Crippen LogP contribution in [0.1, 0.15) is 17.5 Å². The Morgan fingerprint density at radius 2 is 1.72 bits per heavy atom. The Bertz CT molecular complexity index is 927. The van der Waals surface area contributed by atoms with Gasteiger partial charge in [0, 0.05) is 12.4 Å². The van der Waals surface area contributed by atoms with E-state index in [-0.39, 0.29) is 0 Å². The van der Waals surface area contributed by atoms with Gasteiger partial charge < -0.3 is 4.74 Å². The summed E-state index contributed by atoms with van der Waals surface area (Å²) in [5.74, 6) is 2.81. The quantitative estimate of drug-likeness (QED) is 0.482. The molecule has 0 aliphatic carbocycles. The van der Waals surface area contributed by atoms with E-state index in [9.17, 15) is 0 Å². The van der Waals surface area contributed by atoms with Gasteiger partial charge in [0.15, 0.2) is 11.6 Å². The van der Waals surface area contributed by atoms with Crippen molar-refractivity contribution >= 4 is 29.1 Å². The molecule has 0 atom stereocenters. The van der Waals surface area contributed by atoms with Crippen molar-refractivity contribution < 1.29 is 4.74 Å². The van der Waals surface area contributed by atoms with Crippen LogP contribution in [0.3, 0.4) is 0 Å². The smallest absolute Gasteiger partial charge is 0.152 e. The second-order valence-electron chi connectivity index (χ2n) is 6.25. The normalized spacial score (nSPS) is 15.0. The Morgan fingerprint density at radius 3 is 2.44 bits per heavy atom. The molecule has 124 valence electrons. The third-order valence-corrected chi connectivity index (χ3v) is 5.75. The van der Waals surface area contributed by atoms with Crippen molar-refractivity contribution in [2.75, 3.05) is 11.5 Å². The summed E-state index contributed by atoms with van der Waals surface area (Å²) in [4.78, 5) is 13.7. The van der Waals surface area contributed by atoms with E-state index in [2.05, 4.69) is 46.1 Å². The fourth-order valence-electron chi connectivity index (χ4n) is 3.49. The largest absolute Gasteiger partial charge is 0.491 e. The predicted octanol–water partition coefficient (Wildman–Crippen LogP) is 5.04. The third kappa shape index (κ3) is 2.30. The molecular weight excluding hydrogens is 330 g/mol. The number of aromatic nitrogens is 2. The number of ether oxygens (including phenoxy) is 1. The molecule has 2 aliphatic rings. The SMILES string of the molecule is Cc1ccc(N2c3ncccc3Sc3cccnc32)c2c1CCCO2. The lowest BCUT2D eigenvalue weighted by Crippen LogP contribution is -2.20. The zero-order chi connectivity index (χ0) is 16.8. The molecule has 5 rings (SSSR count). The van der Waals surface area contributed by atoms with Gasteiger partial charge in [-0.3, -0.25) is 4.90 Å². The van der Waals surface area contributed by atoms with Gasteiger partial charge in [-0.05, 0) is 61.2 Å². The molecule has 4 heterocycles. The van der Waals surface area contributed by atoms with Crippen molar-refractivity contribution in [1.29, 1.82) is 0 Å². The van der Waals surface area contributed by atoms with Crippen LogP contribution in [0.25, 0.3) is 0 Å². The number of nitrogens with zero attached hydrogens (tertiary/aromatic N) is 3. The molecule has 0 spiro atoms. The molecule has 1 aromatic carbocycles. The summed E-state index contributed by atoms with van der Waals surface area (Å²) in [6, 6.07) is 12.5. The topological polar surface area (TPSA) is 38.2 Å². The van der Waals surface area contributed by atoms with E-state index >= 15 is 0 Å². The first kappa shape index (κ1) is 14.8. The maximum Gasteiger partial charge on any atom is 0.152 e. The van der Waals surface area contributed by atoms with Crippen LogP contribution in [-0.2, 0) is 6.42 Å². The Kier molecular flexibility index (Phi) is 3.41. The second kappa shape index (κ2) is 5.77. The number of aryl methyl sites for hydroxylation is 1. The lowest BCUT2D eigenvalue weighted by Gasteiger charge is -2.33. The molecule has 25 heavy (non-hydrogen) atoms. The first-order valence-corrected chi connectivity index (χ1v) is 9.28. The average Bonchev–Trinajstić information content (AvgIpc) is 2.67. The molecule has 0 amide bonds. The average molecular weight is 347 g/mol. The molecule has 5 heteroatoms. The van der Waals surface area contributed by atoms with Gasteiger partial charge in [0.1, 0.15) is 5.75 Å². The van der Waals surface area contributed by atoms with Crippen molar-refractivity contribution in [2.45, 2.75) is 29.6 Å². The highest BCUT2D eigenvalue weighted by Crippen LogP contribution is 2.52. The first-order valence-electron chi connectivity index (χ1n) is 8.46. The van der Waals surface area contributed by atoms with Gasteiger partial charge in [-0.2, -0.15) is 0 Å². The Labute approximate surface area is 150 Å². The van der Waals surface area contributed by atoms with Crippen molar-refractivity contribution in [3.63, 3.8) is 0 Å². The van der Waals surface area contributed by atoms with Crippen LogP contribution >= 0.6 is 11.8 Å². The van der Waals surface area contributed by atoms with Crippen molar-refractivity contribution in [3.05, 3.63) is 59.9 Å². The summed E-state index contributed by atoms with van der Waals surface area (Å²) in [7, 11) is 0. The van der Waals surface area contributed by atoms with Crippen LogP contribution in [0.15, 0.2) is 58.6 Å². The molecule has 0 N–H and O–H groups in total. The second-order valence-corrected chi connectivity index (χ2v) is 7.33. The van der Waals surface area contributed by atoms with Gasteiger partial charge in [-0.15, -0.1) is 0 Å². The molecule has 0 saturated heterocycles. The molecule has 3 aromatic rings. The van der Waals surface area contributed by atoms with E-state index in [0.717, 1.165) is 52.3 Å². The van der Waals surface area contributed by atoms with Gasteiger partial charge in [0.25, 0.3) is 0 Å². The molecule has 4 nitrogen and oxygen atoms in total. The molecular formula is C20H17N3OS. The van der Waals surface area contributed by atoms with Gasteiger partial charge in [0.05, 0.1) is 22.1 Å². The minimum atomic E-state index is 0.760. The fraction of sp³-hybridized carbons (Fsp3) is 0.200. The van der Waals surface area contributed by atoms with Crippen LogP contribution in [0.5, 0.6) is 5.75 Å². The minimum absolute atomic E-state index is 0.760. The number of hydrogen-bond acceptors (Lipinski definition) is 5. The van der Waals surface area contributed by atoms with Gasteiger partial charge in [-0.1, -0.05) is 17.8 Å². The lowest BCUT2D eigenvalue weighted by atomic mass is 9.99. The molecule has 2 aromatic heterocycles. The van der Waals surface area contributed by atoms with Crippen LogP contribution < -0.4 is 9.64 Å². The summed E-state index contributed by atoms with van der Waals surface area (Å²) >= 11 is 1.71. The van der Waals surface area contributed by atoms with Crippen LogP contribution in [0.4, 0.5) is 17.3 Å². The zero-order valence-corrected chi connectivity index (χ0v) is 14.7. The Hall–Kier alpha value is -2.53. The Balaban J connectivity index is 1.78. The monoisotopic (exact) mass is 347 g/mol. The van der Waals surface area contributed by atoms with Gasteiger partial charge in [0.2, 0.25) is 0 Å².